The number of aromatic nitrogens is 2. The Labute approximate surface area is 103 Å². The van der Waals surface area contributed by atoms with Crippen LogP contribution in [0.25, 0.3) is 0 Å². The molecule has 1 aromatic heterocycles. The first-order valence-corrected chi connectivity index (χ1v) is 6.16. The Hall–Kier alpha value is -1.08. The molecule has 1 saturated carbocycles. The summed E-state index contributed by atoms with van der Waals surface area (Å²) in [5, 5.41) is 16.2. The van der Waals surface area contributed by atoms with Crippen LogP contribution in [0.4, 0.5) is 8.78 Å². The molecule has 0 aromatic carbocycles. The van der Waals surface area contributed by atoms with Gasteiger partial charge in [0, 0.05) is 25.3 Å². The van der Waals surface area contributed by atoms with Gasteiger partial charge in [-0.1, -0.05) is 5.16 Å². The van der Waals surface area contributed by atoms with Crippen LogP contribution in [-0.2, 0) is 0 Å². The molecule has 1 aromatic rings. The molecule has 0 radical (unpaired) electrons. The minimum Gasteiger partial charge on any atom is -0.392 e. The quantitative estimate of drug-likeness (QED) is 0.839. The predicted octanol–water partition coefficient (Wildman–Crippen LogP) is 1.37. The lowest BCUT2D eigenvalue weighted by Gasteiger charge is -2.06. The molecule has 3 atom stereocenters. The maximum atomic E-state index is 13.1. The Balaban J connectivity index is 1.70. The fraction of sp³-hybridized carbons (Fsp3) is 0.818. The number of halogens is 2. The Morgan fingerprint density at radius 1 is 1.44 bits per heavy atom. The first-order chi connectivity index (χ1) is 8.53. The lowest BCUT2D eigenvalue weighted by atomic mass is 10.1. The Morgan fingerprint density at radius 2 is 2.28 bits per heavy atom. The number of aliphatic hydroxyl groups is 1. The van der Waals surface area contributed by atoms with Crippen molar-refractivity contribution < 1.29 is 18.4 Å². The summed E-state index contributed by atoms with van der Waals surface area (Å²) in [6.07, 6.45) is 0.185. The van der Waals surface area contributed by atoms with Crippen molar-refractivity contribution in [3.63, 3.8) is 0 Å². The maximum Gasteiger partial charge on any atom is 0.248 e. The van der Waals surface area contributed by atoms with E-state index in [1.807, 2.05) is 0 Å². The average molecular weight is 259 g/mol. The van der Waals surface area contributed by atoms with Crippen molar-refractivity contribution in [2.45, 2.75) is 49.7 Å². The molecular formula is C11H15F2N3O2. The van der Waals surface area contributed by atoms with E-state index in [9.17, 15) is 13.9 Å². The van der Waals surface area contributed by atoms with Crippen molar-refractivity contribution in [2.24, 2.45) is 0 Å². The maximum absolute atomic E-state index is 13.1. The van der Waals surface area contributed by atoms with E-state index in [2.05, 4.69) is 15.5 Å². The summed E-state index contributed by atoms with van der Waals surface area (Å²) in [5.41, 5.74) is 0. The van der Waals surface area contributed by atoms with Gasteiger partial charge in [-0.15, -0.1) is 0 Å². The van der Waals surface area contributed by atoms with Crippen LogP contribution in [0.3, 0.4) is 0 Å². The third kappa shape index (κ3) is 2.24. The van der Waals surface area contributed by atoms with Gasteiger partial charge in [-0.05, 0) is 12.8 Å². The molecule has 0 bridgehead atoms. The number of nitrogens with zero attached hydrogens (tertiary/aromatic N) is 2. The fourth-order valence-corrected chi connectivity index (χ4v) is 2.63. The van der Waals surface area contributed by atoms with Crippen molar-refractivity contribution in [1.82, 2.24) is 15.5 Å². The van der Waals surface area contributed by atoms with Crippen molar-refractivity contribution in [3.8, 4) is 0 Å². The molecule has 1 saturated heterocycles. The van der Waals surface area contributed by atoms with E-state index >= 15 is 0 Å². The Morgan fingerprint density at radius 3 is 2.89 bits per heavy atom. The standard InChI is InChI=1S/C11H15F2N3O2/c12-11(13)2-1-6(4-11)9-15-10(18-16-9)8-3-7(17)5-14-8/h6-8,14,17H,1-5H2/t6?,7-,8+/m0/s1. The van der Waals surface area contributed by atoms with Gasteiger partial charge in [0.15, 0.2) is 5.82 Å². The summed E-state index contributed by atoms with van der Waals surface area (Å²) in [6, 6.07) is -0.164. The van der Waals surface area contributed by atoms with E-state index in [0.717, 1.165) is 0 Å². The monoisotopic (exact) mass is 259 g/mol. The topological polar surface area (TPSA) is 71.2 Å². The Bertz CT molecular complexity index is 438. The predicted molar refractivity (Wildman–Crippen MR) is 57.2 cm³/mol. The molecule has 1 aliphatic carbocycles. The van der Waals surface area contributed by atoms with Crippen LogP contribution >= 0.6 is 0 Å². The lowest BCUT2D eigenvalue weighted by Crippen LogP contribution is -2.15. The molecule has 18 heavy (non-hydrogen) atoms. The van der Waals surface area contributed by atoms with Crippen molar-refractivity contribution in [2.75, 3.05) is 6.54 Å². The smallest absolute Gasteiger partial charge is 0.248 e. The highest BCUT2D eigenvalue weighted by Crippen LogP contribution is 2.43. The molecule has 0 amide bonds. The second kappa shape index (κ2) is 4.24. The molecule has 7 heteroatoms. The molecule has 100 valence electrons. The number of aliphatic hydroxyl groups excluding tert-OH is 1. The highest BCUT2D eigenvalue weighted by molar-refractivity contribution is 5.04. The zero-order valence-corrected chi connectivity index (χ0v) is 9.77. The van der Waals surface area contributed by atoms with Gasteiger partial charge < -0.3 is 14.9 Å². The molecule has 3 rings (SSSR count). The highest BCUT2D eigenvalue weighted by Gasteiger charge is 2.42. The molecular weight excluding hydrogens is 244 g/mol. The van der Waals surface area contributed by atoms with Crippen LogP contribution in [0.1, 0.15) is 49.4 Å². The van der Waals surface area contributed by atoms with E-state index in [0.29, 0.717) is 31.1 Å². The summed E-state index contributed by atoms with van der Waals surface area (Å²) in [6.45, 7) is 0.490. The van der Waals surface area contributed by atoms with Gasteiger partial charge in [0.1, 0.15) is 0 Å². The van der Waals surface area contributed by atoms with Crippen molar-refractivity contribution in [1.29, 1.82) is 0 Å². The minimum atomic E-state index is -2.60. The highest BCUT2D eigenvalue weighted by atomic mass is 19.3. The minimum absolute atomic E-state index is 0.109. The molecule has 2 N–H and O–H groups in total. The number of β-amino-alcohol motifs (C(OH)–C–C–N with tert-alkyl or cyclic N) is 1. The first-order valence-electron chi connectivity index (χ1n) is 6.16. The van der Waals surface area contributed by atoms with Crippen LogP contribution in [0.15, 0.2) is 4.52 Å². The second-order valence-corrected chi connectivity index (χ2v) is 5.14. The van der Waals surface area contributed by atoms with Gasteiger partial charge in [0.25, 0.3) is 0 Å². The third-order valence-corrected chi connectivity index (χ3v) is 3.63. The molecule has 5 nitrogen and oxygen atoms in total. The number of hydrogen-bond donors (Lipinski definition) is 2. The van der Waals surface area contributed by atoms with Gasteiger partial charge >= 0.3 is 0 Å². The van der Waals surface area contributed by atoms with Gasteiger partial charge in [0.2, 0.25) is 11.8 Å². The van der Waals surface area contributed by atoms with Gasteiger partial charge in [-0.25, -0.2) is 8.78 Å². The van der Waals surface area contributed by atoms with E-state index in [-0.39, 0.29) is 24.8 Å². The Kier molecular flexibility index (Phi) is 2.82. The molecule has 0 spiro atoms. The zero-order valence-electron chi connectivity index (χ0n) is 9.77. The van der Waals surface area contributed by atoms with E-state index in [1.54, 1.807) is 0 Å². The van der Waals surface area contributed by atoms with Crippen LogP contribution < -0.4 is 5.32 Å². The van der Waals surface area contributed by atoms with Crippen LogP contribution in [-0.4, -0.2) is 33.8 Å². The largest absolute Gasteiger partial charge is 0.392 e. The van der Waals surface area contributed by atoms with Crippen molar-refractivity contribution in [3.05, 3.63) is 11.7 Å². The summed E-state index contributed by atoms with van der Waals surface area (Å²) >= 11 is 0. The van der Waals surface area contributed by atoms with E-state index < -0.39 is 12.0 Å². The van der Waals surface area contributed by atoms with E-state index in [4.69, 9.17) is 4.52 Å². The molecule has 2 aliphatic rings. The number of hydrogen-bond acceptors (Lipinski definition) is 5. The van der Waals surface area contributed by atoms with Crippen molar-refractivity contribution >= 4 is 0 Å². The normalized spacial score (nSPS) is 35.2. The summed E-state index contributed by atoms with van der Waals surface area (Å²) in [4.78, 5) is 4.19. The number of alkyl halides is 2. The number of nitrogens with one attached hydrogen (secondary N) is 1. The SMILES string of the molecule is O[C@@H]1CN[C@@H](c2nc(C3CCC(F)(F)C3)no2)C1. The molecule has 1 aliphatic heterocycles. The third-order valence-electron chi connectivity index (χ3n) is 3.63. The fourth-order valence-electron chi connectivity index (χ4n) is 2.63. The van der Waals surface area contributed by atoms with Gasteiger partial charge in [-0.3, -0.25) is 0 Å². The van der Waals surface area contributed by atoms with Gasteiger partial charge in [0.05, 0.1) is 12.1 Å². The van der Waals surface area contributed by atoms with Crippen LogP contribution in [0.5, 0.6) is 0 Å². The lowest BCUT2D eigenvalue weighted by molar-refractivity contribution is 0.00749. The number of rotatable bonds is 2. The molecule has 2 heterocycles. The summed E-state index contributed by atoms with van der Waals surface area (Å²) in [5.74, 6) is -2.17. The van der Waals surface area contributed by atoms with Crippen LogP contribution in [0.2, 0.25) is 0 Å². The molecule has 2 fully saturated rings. The second-order valence-electron chi connectivity index (χ2n) is 5.14. The van der Waals surface area contributed by atoms with Gasteiger partial charge in [-0.2, -0.15) is 4.98 Å². The first kappa shape index (κ1) is 12.0. The summed E-state index contributed by atoms with van der Waals surface area (Å²) in [7, 11) is 0. The summed E-state index contributed by atoms with van der Waals surface area (Å²) < 4.78 is 31.3. The average Bonchev–Trinajstić information content (AvgIpc) is 2.96. The van der Waals surface area contributed by atoms with E-state index in [1.165, 1.54) is 0 Å². The van der Waals surface area contributed by atoms with Crippen LogP contribution in [0, 0.1) is 0 Å². The zero-order chi connectivity index (χ0) is 12.8. The molecule has 1 unspecified atom stereocenters.